The van der Waals surface area contributed by atoms with E-state index in [9.17, 15) is 10.0 Å². The quantitative estimate of drug-likeness (QED) is 0.379. The lowest BCUT2D eigenvalue weighted by Gasteiger charge is -2.00. The van der Waals surface area contributed by atoms with E-state index in [1.54, 1.807) is 6.92 Å². The number of carbonyl (C=O) groups is 1. The van der Waals surface area contributed by atoms with Gasteiger partial charge in [-0.1, -0.05) is 4.52 Å². The third kappa shape index (κ3) is 1.47. The number of fused-ring (bicyclic) bond motifs is 1. The first-order chi connectivity index (χ1) is 7.24. The number of carbonyl (C=O) groups excluding carboxylic acids is 1. The molecule has 2 aromatic rings. The molecule has 2 heterocycles. The van der Waals surface area contributed by atoms with Crippen LogP contribution in [0.4, 0.5) is 0 Å². The van der Waals surface area contributed by atoms with Gasteiger partial charge in [0, 0.05) is 0 Å². The number of rotatable bonds is 2. The molecule has 0 saturated carbocycles. The van der Waals surface area contributed by atoms with E-state index in [4.69, 9.17) is 0 Å². The largest absolute Gasteiger partial charge is 0.739 e. The third-order valence-electron chi connectivity index (χ3n) is 1.78. The Hall–Kier alpha value is -2.18. The van der Waals surface area contributed by atoms with Gasteiger partial charge < -0.3 is 9.94 Å². The summed E-state index contributed by atoms with van der Waals surface area (Å²) in [7, 11) is 0. The molecule has 0 fully saturated rings. The van der Waals surface area contributed by atoms with Gasteiger partial charge in [0.15, 0.2) is 0 Å². The van der Waals surface area contributed by atoms with Crippen molar-refractivity contribution in [3.05, 3.63) is 29.6 Å². The van der Waals surface area contributed by atoms with Crippen LogP contribution in [0.15, 0.2) is 18.6 Å². The van der Waals surface area contributed by atoms with Gasteiger partial charge in [0.25, 0.3) is 5.65 Å². The van der Waals surface area contributed by atoms with Crippen LogP contribution < -0.4 is 4.73 Å². The Morgan fingerprint density at radius 3 is 3.20 bits per heavy atom. The van der Waals surface area contributed by atoms with Crippen molar-refractivity contribution in [3.8, 4) is 0 Å². The first-order valence-corrected chi connectivity index (χ1v) is 4.33. The van der Waals surface area contributed by atoms with Crippen LogP contribution in [-0.4, -0.2) is 27.2 Å². The Balaban J connectivity index is 2.53. The highest BCUT2D eigenvalue weighted by Gasteiger charge is 2.23. The number of hydrogen-bond donors (Lipinski definition) is 0. The second-order valence-corrected chi connectivity index (χ2v) is 2.72. The maximum atomic E-state index is 11.5. The van der Waals surface area contributed by atoms with Gasteiger partial charge in [0.2, 0.25) is 0 Å². The van der Waals surface area contributed by atoms with Crippen LogP contribution in [0.25, 0.3) is 5.65 Å². The smallest absolute Gasteiger partial charge is 0.412 e. The molecule has 0 aliphatic heterocycles. The maximum absolute atomic E-state index is 11.5. The predicted molar refractivity (Wildman–Crippen MR) is 47.9 cm³/mol. The minimum absolute atomic E-state index is 0.181. The molecule has 0 aliphatic rings. The van der Waals surface area contributed by atoms with Crippen molar-refractivity contribution >= 4 is 11.6 Å². The molecular formula is C8H8N4O3. The van der Waals surface area contributed by atoms with E-state index in [1.807, 2.05) is 0 Å². The summed E-state index contributed by atoms with van der Waals surface area (Å²) in [5.74, 6) is -1.03. The number of aromatic nitrogens is 4. The summed E-state index contributed by atoms with van der Waals surface area (Å²) in [5.41, 5.74) is 0.181. The highest BCUT2D eigenvalue weighted by molar-refractivity contribution is 5.83. The molecule has 0 atom stereocenters. The lowest BCUT2D eigenvalue weighted by atomic mass is 10.6. The number of ether oxygens (including phenoxy) is 1. The molecule has 0 aliphatic carbocycles. The predicted octanol–water partition coefficient (Wildman–Crippen LogP) is -0.461. The summed E-state index contributed by atoms with van der Waals surface area (Å²) in [5, 5.41) is 15.3. The molecule has 0 radical (unpaired) electrons. The molecule has 15 heavy (non-hydrogen) atoms. The Bertz CT molecular complexity index is 508. The van der Waals surface area contributed by atoms with Crippen LogP contribution in [-0.2, 0) is 4.74 Å². The van der Waals surface area contributed by atoms with Crippen LogP contribution >= 0.6 is 0 Å². The van der Waals surface area contributed by atoms with Crippen molar-refractivity contribution in [2.24, 2.45) is 0 Å². The van der Waals surface area contributed by atoms with Gasteiger partial charge in [0.05, 0.1) is 17.9 Å². The van der Waals surface area contributed by atoms with Crippen LogP contribution in [0.1, 0.15) is 17.5 Å². The van der Waals surface area contributed by atoms with E-state index in [1.165, 1.54) is 23.1 Å². The molecule has 78 valence electrons. The van der Waals surface area contributed by atoms with Crippen LogP contribution in [0, 0.1) is 5.21 Å². The highest BCUT2D eigenvalue weighted by atomic mass is 16.5. The zero-order valence-electron chi connectivity index (χ0n) is 7.95. The average Bonchev–Trinajstić information content (AvgIpc) is 2.57. The standard InChI is InChI=1S/C8H8N4O3/c1-2-15-8(13)7-10-11-4-3-9-5-6(11)12(7)14/h3-5H,2H2,1H3. The van der Waals surface area contributed by atoms with E-state index in [-0.39, 0.29) is 18.1 Å². The average molecular weight is 208 g/mol. The summed E-state index contributed by atoms with van der Waals surface area (Å²) in [6, 6.07) is 0. The Kier molecular flexibility index (Phi) is 2.20. The van der Waals surface area contributed by atoms with Crippen molar-refractivity contribution in [2.75, 3.05) is 6.61 Å². The first kappa shape index (κ1) is 9.38. The van der Waals surface area contributed by atoms with E-state index in [2.05, 4.69) is 14.8 Å². The third-order valence-corrected chi connectivity index (χ3v) is 1.78. The summed E-state index contributed by atoms with van der Waals surface area (Å²) >= 11 is 0. The van der Waals surface area contributed by atoms with Gasteiger partial charge in [0.1, 0.15) is 12.4 Å². The second kappa shape index (κ2) is 3.52. The molecule has 7 heteroatoms. The lowest BCUT2D eigenvalue weighted by molar-refractivity contribution is -0.581. The van der Waals surface area contributed by atoms with E-state index < -0.39 is 5.97 Å². The van der Waals surface area contributed by atoms with Crippen molar-refractivity contribution in [1.29, 1.82) is 0 Å². The summed E-state index contributed by atoms with van der Waals surface area (Å²) in [4.78, 5) is 15.1. The molecule has 2 rings (SSSR count). The zero-order valence-corrected chi connectivity index (χ0v) is 7.95. The topological polar surface area (TPSA) is 83.4 Å². The summed E-state index contributed by atoms with van der Waals surface area (Å²) in [6.45, 7) is 1.86. The molecule has 0 amide bonds. The van der Waals surface area contributed by atoms with Gasteiger partial charge >= 0.3 is 11.8 Å². The summed E-state index contributed by atoms with van der Waals surface area (Å²) < 4.78 is 6.35. The Labute approximate surface area is 84.5 Å². The van der Waals surface area contributed by atoms with Crippen LogP contribution in [0.2, 0.25) is 0 Å². The fourth-order valence-corrected chi connectivity index (χ4v) is 1.15. The molecule has 0 N–H and O–H groups in total. The molecule has 0 unspecified atom stereocenters. The Morgan fingerprint density at radius 2 is 2.53 bits per heavy atom. The van der Waals surface area contributed by atoms with Gasteiger partial charge in [-0.2, -0.15) is 0 Å². The fourth-order valence-electron chi connectivity index (χ4n) is 1.15. The van der Waals surface area contributed by atoms with Gasteiger partial charge in [-0.05, 0) is 6.92 Å². The van der Waals surface area contributed by atoms with Gasteiger partial charge in [-0.3, -0.25) is 4.98 Å². The molecule has 7 nitrogen and oxygen atoms in total. The zero-order chi connectivity index (χ0) is 10.8. The monoisotopic (exact) mass is 208 g/mol. The normalized spacial score (nSPS) is 10.5. The fraction of sp³-hybridized carbons (Fsp3) is 0.250. The minimum Gasteiger partial charge on any atom is -0.739 e. The first-order valence-electron chi connectivity index (χ1n) is 4.33. The second-order valence-electron chi connectivity index (χ2n) is 2.72. The van der Waals surface area contributed by atoms with Gasteiger partial charge in [-0.15, -0.1) is 0 Å². The molecule has 0 aromatic carbocycles. The minimum atomic E-state index is -0.740. The summed E-state index contributed by atoms with van der Waals surface area (Å²) in [6.07, 6.45) is 4.27. The molecular weight excluding hydrogens is 200 g/mol. The number of esters is 1. The maximum Gasteiger partial charge on any atom is 0.412 e. The van der Waals surface area contributed by atoms with Crippen molar-refractivity contribution in [1.82, 2.24) is 14.6 Å². The number of hydrogen-bond acceptors (Lipinski definition) is 5. The van der Waals surface area contributed by atoms with Crippen molar-refractivity contribution in [3.63, 3.8) is 0 Å². The van der Waals surface area contributed by atoms with Crippen LogP contribution in [0.3, 0.4) is 0 Å². The highest BCUT2D eigenvalue weighted by Crippen LogP contribution is 1.97. The van der Waals surface area contributed by atoms with E-state index in [0.29, 0.717) is 4.73 Å². The molecule has 0 bridgehead atoms. The van der Waals surface area contributed by atoms with Gasteiger partial charge in [-0.25, -0.2) is 9.52 Å². The molecule has 2 aromatic heterocycles. The molecule has 0 saturated heterocycles. The molecule has 0 spiro atoms. The van der Waals surface area contributed by atoms with Crippen LogP contribution in [0.5, 0.6) is 0 Å². The van der Waals surface area contributed by atoms with Crippen molar-refractivity contribution < 1.29 is 14.3 Å². The lowest BCUT2D eigenvalue weighted by Crippen LogP contribution is -2.33. The number of nitrogens with zero attached hydrogens (tertiary/aromatic N) is 4. The van der Waals surface area contributed by atoms with E-state index >= 15 is 0 Å². The Morgan fingerprint density at radius 1 is 1.73 bits per heavy atom. The SMILES string of the molecule is CCOC(=O)c1nn2ccncc2[n+]1[O-]. The van der Waals surface area contributed by atoms with Crippen molar-refractivity contribution in [2.45, 2.75) is 6.92 Å². The van der Waals surface area contributed by atoms with E-state index in [0.717, 1.165) is 0 Å².